The van der Waals surface area contributed by atoms with Crippen LogP contribution in [0.5, 0.6) is 0 Å². The molecule has 0 aliphatic rings. The summed E-state index contributed by atoms with van der Waals surface area (Å²) in [6.45, 7) is 3.67. The first kappa shape index (κ1) is 18.7. The number of nitriles is 2. The number of aryl methyl sites for hydroxylation is 2. The second-order valence-electron chi connectivity index (χ2n) is 4.86. The molecule has 6 nitrogen and oxygen atoms in total. The van der Waals surface area contributed by atoms with Crippen LogP contribution < -0.4 is 0 Å². The molecule has 0 fully saturated rings. The third-order valence-corrected chi connectivity index (χ3v) is 3.26. The van der Waals surface area contributed by atoms with Crippen LogP contribution in [-0.4, -0.2) is 26.2 Å². The maximum atomic E-state index is 12.1. The first-order valence-corrected chi connectivity index (χ1v) is 6.90. The third-order valence-electron chi connectivity index (χ3n) is 3.26. The minimum absolute atomic E-state index is 0.0368. The Balaban J connectivity index is 3.83. The van der Waals surface area contributed by atoms with Gasteiger partial charge in [-0.2, -0.15) is 10.5 Å². The van der Waals surface area contributed by atoms with Crippen molar-refractivity contribution in [1.82, 2.24) is 0 Å². The molecule has 0 aromatic heterocycles. The Morgan fingerprint density at radius 3 is 2.17 bits per heavy atom. The summed E-state index contributed by atoms with van der Waals surface area (Å²) in [5.74, 6) is -1.65. The van der Waals surface area contributed by atoms with Crippen LogP contribution in [0.3, 0.4) is 0 Å². The van der Waals surface area contributed by atoms with Crippen molar-refractivity contribution < 1.29 is 19.1 Å². The molecule has 0 atom stereocenters. The van der Waals surface area contributed by atoms with Gasteiger partial charge in [-0.15, -0.1) is 0 Å². The van der Waals surface area contributed by atoms with Gasteiger partial charge in [0.25, 0.3) is 0 Å². The summed E-state index contributed by atoms with van der Waals surface area (Å²) < 4.78 is 9.24. The van der Waals surface area contributed by atoms with E-state index in [4.69, 9.17) is 4.74 Å². The van der Waals surface area contributed by atoms with Crippen molar-refractivity contribution in [2.24, 2.45) is 0 Å². The molecule has 24 heavy (non-hydrogen) atoms. The van der Waals surface area contributed by atoms with Gasteiger partial charge in [0, 0.05) is 11.6 Å². The molecule has 0 N–H and O–H groups in total. The van der Waals surface area contributed by atoms with E-state index < -0.39 is 11.9 Å². The van der Waals surface area contributed by atoms with Crippen LogP contribution in [0.4, 0.5) is 0 Å². The minimum Gasteiger partial charge on any atom is -0.466 e. The standard InChI is InChI=1S/C18H16N2O4/c1-11-5-6-14(12(2)7-11)17(13(9-19)10-20)15(18(22)24-4)8-16(21)23-3/h5-8H,1-4H3/b15-8+. The molecule has 0 amide bonds. The van der Waals surface area contributed by atoms with E-state index in [1.54, 1.807) is 31.2 Å². The Morgan fingerprint density at radius 2 is 1.71 bits per heavy atom. The zero-order valence-electron chi connectivity index (χ0n) is 13.8. The lowest BCUT2D eigenvalue weighted by Gasteiger charge is -2.14. The van der Waals surface area contributed by atoms with Gasteiger partial charge in [-0.05, 0) is 25.0 Å². The largest absolute Gasteiger partial charge is 0.466 e. The van der Waals surface area contributed by atoms with Gasteiger partial charge in [0.2, 0.25) is 0 Å². The Hall–Kier alpha value is -3.38. The molecule has 0 radical (unpaired) electrons. The van der Waals surface area contributed by atoms with E-state index >= 15 is 0 Å². The summed E-state index contributed by atoms with van der Waals surface area (Å²) in [5, 5.41) is 18.5. The lowest BCUT2D eigenvalue weighted by molar-refractivity contribution is -0.138. The molecule has 0 unspecified atom stereocenters. The van der Waals surface area contributed by atoms with Crippen molar-refractivity contribution in [2.45, 2.75) is 13.8 Å². The van der Waals surface area contributed by atoms with Crippen LogP contribution in [-0.2, 0) is 19.1 Å². The van der Waals surface area contributed by atoms with Crippen LogP contribution >= 0.6 is 0 Å². The number of ether oxygens (including phenoxy) is 2. The predicted molar refractivity (Wildman–Crippen MR) is 86.2 cm³/mol. The van der Waals surface area contributed by atoms with Gasteiger partial charge < -0.3 is 9.47 Å². The fraction of sp³-hybridized carbons (Fsp3) is 0.222. The van der Waals surface area contributed by atoms with E-state index in [1.165, 1.54) is 0 Å². The molecule has 1 aromatic carbocycles. The summed E-state index contributed by atoms with van der Waals surface area (Å²) in [4.78, 5) is 23.8. The highest BCUT2D eigenvalue weighted by Crippen LogP contribution is 2.30. The average molecular weight is 324 g/mol. The lowest BCUT2D eigenvalue weighted by atomic mass is 9.89. The summed E-state index contributed by atoms with van der Waals surface area (Å²) in [5.41, 5.74) is 1.72. The van der Waals surface area contributed by atoms with Gasteiger partial charge in [-0.3, -0.25) is 0 Å². The Labute approximate surface area is 140 Å². The highest BCUT2D eigenvalue weighted by molar-refractivity contribution is 6.12. The molecule has 1 rings (SSSR count). The molecular weight excluding hydrogens is 308 g/mol. The van der Waals surface area contributed by atoms with Gasteiger partial charge in [0.05, 0.1) is 19.8 Å². The second kappa shape index (κ2) is 8.30. The van der Waals surface area contributed by atoms with Gasteiger partial charge in [0.15, 0.2) is 0 Å². The number of methoxy groups -OCH3 is 2. The van der Waals surface area contributed by atoms with Crippen LogP contribution in [0.1, 0.15) is 16.7 Å². The quantitative estimate of drug-likeness (QED) is 0.365. The zero-order valence-corrected chi connectivity index (χ0v) is 13.8. The van der Waals surface area contributed by atoms with Crippen molar-refractivity contribution in [1.29, 1.82) is 10.5 Å². The Kier molecular flexibility index (Phi) is 6.46. The summed E-state index contributed by atoms with van der Waals surface area (Å²) in [6, 6.07) is 8.83. The molecule has 0 saturated heterocycles. The number of hydrogen-bond acceptors (Lipinski definition) is 6. The highest BCUT2D eigenvalue weighted by atomic mass is 16.5. The maximum Gasteiger partial charge on any atom is 0.338 e. The SMILES string of the molecule is COC(=O)/C=C(/C(=O)OC)C(=C(C#N)C#N)c1ccc(C)cc1C. The van der Waals surface area contributed by atoms with Crippen LogP contribution in [0.15, 0.2) is 35.4 Å². The number of esters is 2. The van der Waals surface area contributed by atoms with E-state index in [9.17, 15) is 20.1 Å². The predicted octanol–water partition coefficient (Wildman–Crippen LogP) is 2.38. The van der Waals surface area contributed by atoms with Gasteiger partial charge in [-0.25, -0.2) is 9.59 Å². The zero-order chi connectivity index (χ0) is 18.3. The van der Waals surface area contributed by atoms with Crippen LogP contribution in [0.2, 0.25) is 0 Å². The number of nitrogens with zero attached hydrogens (tertiary/aromatic N) is 2. The smallest absolute Gasteiger partial charge is 0.338 e. The van der Waals surface area contributed by atoms with Crippen molar-refractivity contribution in [3.05, 3.63) is 52.1 Å². The Bertz CT molecular complexity index is 804. The first-order chi connectivity index (χ1) is 11.4. The van der Waals surface area contributed by atoms with Gasteiger partial charge in [0.1, 0.15) is 17.7 Å². The van der Waals surface area contributed by atoms with Crippen molar-refractivity contribution in [3.63, 3.8) is 0 Å². The molecular formula is C18H16N2O4. The summed E-state index contributed by atoms with van der Waals surface area (Å²) in [6.07, 6.45) is 0.912. The molecule has 0 saturated carbocycles. The first-order valence-electron chi connectivity index (χ1n) is 6.90. The highest BCUT2D eigenvalue weighted by Gasteiger charge is 2.24. The number of benzene rings is 1. The molecule has 6 heteroatoms. The van der Waals surface area contributed by atoms with Gasteiger partial charge >= 0.3 is 11.9 Å². The van der Waals surface area contributed by atoms with Crippen molar-refractivity contribution in [2.75, 3.05) is 14.2 Å². The number of rotatable bonds is 4. The maximum absolute atomic E-state index is 12.1. The van der Waals surface area contributed by atoms with Crippen LogP contribution in [0, 0.1) is 36.5 Å². The topological polar surface area (TPSA) is 100 Å². The van der Waals surface area contributed by atoms with E-state index in [1.807, 2.05) is 13.0 Å². The van der Waals surface area contributed by atoms with E-state index in [-0.39, 0.29) is 16.7 Å². The summed E-state index contributed by atoms with van der Waals surface area (Å²) >= 11 is 0. The molecule has 0 bridgehead atoms. The second-order valence-corrected chi connectivity index (χ2v) is 4.86. The van der Waals surface area contributed by atoms with Crippen LogP contribution in [0.25, 0.3) is 5.57 Å². The molecule has 122 valence electrons. The van der Waals surface area contributed by atoms with Crippen molar-refractivity contribution >= 4 is 17.5 Å². The summed E-state index contributed by atoms with van der Waals surface area (Å²) in [7, 11) is 2.30. The van der Waals surface area contributed by atoms with Crippen molar-refractivity contribution in [3.8, 4) is 12.1 Å². The number of carbonyl (C=O) groups is 2. The van der Waals surface area contributed by atoms with Gasteiger partial charge in [-0.1, -0.05) is 23.8 Å². The van der Waals surface area contributed by atoms with E-state index in [2.05, 4.69) is 4.74 Å². The molecule has 0 aliphatic heterocycles. The number of carbonyl (C=O) groups excluding carboxylic acids is 2. The van der Waals surface area contributed by atoms with E-state index in [0.29, 0.717) is 5.56 Å². The van der Waals surface area contributed by atoms with E-state index in [0.717, 1.165) is 31.4 Å². The molecule has 0 spiro atoms. The minimum atomic E-state index is -0.849. The third kappa shape index (κ3) is 4.08. The molecule has 0 aliphatic carbocycles. The number of allylic oxidation sites excluding steroid dienone is 1. The Morgan fingerprint density at radius 1 is 1.08 bits per heavy atom. The fourth-order valence-electron chi connectivity index (χ4n) is 2.17. The average Bonchev–Trinajstić information content (AvgIpc) is 2.57. The molecule has 0 heterocycles. The normalized spacial score (nSPS) is 10.2. The number of hydrogen-bond donors (Lipinski definition) is 0. The fourth-order valence-corrected chi connectivity index (χ4v) is 2.17. The lowest BCUT2D eigenvalue weighted by Crippen LogP contribution is -2.12. The molecule has 1 aromatic rings. The monoisotopic (exact) mass is 324 g/mol.